The molecule has 2 heterocycles. The normalized spacial score (nSPS) is 12.7. The minimum Gasteiger partial charge on any atom is -0.379 e. The Kier molecular flexibility index (Phi) is 3.01. The number of aryl methyl sites for hydroxylation is 2. The molecule has 0 aliphatic heterocycles. The first kappa shape index (κ1) is 10.8. The van der Waals surface area contributed by atoms with Crippen molar-refractivity contribution in [2.24, 2.45) is 0 Å². The van der Waals surface area contributed by atoms with Gasteiger partial charge in [-0.25, -0.2) is 4.98 Å². The van der Waals surface area contributed by atoms with Crippen molar-refractivity contribution in [3.8, 4) is 0 Å². The summed E-state index contributed by atoms with van der Waals surface area (Å²) in [5.41, 5.74) is 1.72. The minimum absolute atomic E-state index is 0.639. The highest BCUT2D eigenvalue weighted by molar-refractivity contribution is 5.20. The number of aliphatic hydroxyl groups is 1. The second kappa shape index (κ2) is 4.45. The fourth-order valence-corrected chi connectivity index (χ4v) is 1.68. The van der Waals surface area contributed by atoms with E-state index in [-0.39, 0.29) is 0 Å². The SMILES string of the molecule is CCn1ccnc1C(O)c1cc(C)ccn1. The average Bonchev–Trinajstić information content (AvgIpc) is 2.76. The van der Waals surface area contributed by atoms with E-state index >= 15 is 0 Å². The molecule has 1 atom stereocenters. The van der Waals surface area contributed by atoms with Gasteiger partial charge >= 0.3 is 0 Å². The number of hydrogen-bond acceptors (Lipinski definition) is 3. The van der Waals surface area contributed by atoms with E-state index in [1.807, 2.05) is 36.7 Å². The van der Waals surface area contributed by atoms with Crippen LogP contribution in [-0.4, -0.2) is 19.6 Å². The second-order valence-corrected chi connectivity index (χ2v) is 3.73. The second-order valence-electron chi connectivity index (χ2n) is 3.73. The summed E-state index contributed by atoms with van der Waals surface area (Å²) in [7, 11) is 0. The molecule has 0 spiro atoms. The molecule has 84 valence electrons. The first-order valence-electron chi connectivity index (χ1n) is 5.34. The lowest BCUT2D eigenvalue weighted by Gasteiger charge is -2.11. The van der Waals surface area contributed by atoms with Gasteiger partial charge < -0.3 is 9.67 Å². The van der Waals surface area contributed by atoms with Crippen LogP contribution >= 0.6 is 0 Å². The molecule has 0 radical (unpaired) electrons. The van der Waals surface area contributed by atoms with Crippen LogP contribution < -0.4 is 0 Å². The molecular formula is C12H15N3O. The molecule has 2 aromatic heterocycles. The third-order valence-corrected chi connectivity index (χ3v) is 2.55. The van der Waals surface area contributed by atoms with E-state index in [2.05, 4.69) is 9.97 Å². The first-order chi connectivity index (χ1) is 7.72. The summed E-state index contributed by atoms with van der Waals surface area (Å²) in [4.78, 5) is 8.33. The van der Waals surface area contributed by atoms with E-state index in [0.717, 1.165) is 12.1 Å². The number of aromatic nitrogens is 3. The van der Waals surface area contributed by atoms with Crippen LogP contribution in [0.15, 0.2) is 30.7 Å². The van der Waals surface area contributed by atoms with Crippen molar-refractivity contribution in [2.75, 3.05) is 0 Å². The number of hydrogen-bond donors (Lipinski definition) is 1. The Morgan fingerprint density at radius 1 is 1.38 bits per heavy atom. The van der Waals surface area contributed by atoms with Crippen molar-refractivity contribution in [3.05, 3.63) is 47.8 Å². The summed E-state index contributed by atoms with van der Waals surface area (Å²) >= 11 is 0. The third-order valence-electron chi connectivity index (χ3n) is 2.55. The van der Waals surface area contributed by atoms with Crippen LogP contribution in [0.3, 0.4) is 0 Å². The van der Waals surface area contributed by atoms with Crippen molar-refractivity contribution in [1.29, 1.82) is 0 Å². The van der Waals surface area contributed by atoms with E-state index in [1.54, 1.807) is 12.4 Å². The van der Waals surface area contributed by atoms with Crippen molar-refractivity contribution >= 4 is 0 Å². The van der Waals surface area contributed by atoms with Crippen LogP contribution in [-0.2, 0) is 6.54 Å². The van der Waals surface area contributed by atoms with Crippen LogP contribution in [0.4, 0.5) is 0 Å². The Balaban J connectivity index is 2.35. The highest BCUT2D eigenvalue weighted by atomic mass is 16.3. The van der Waals surface area contributed by atoms with E-state index < -0.39 is 6.10 Å². The van der Waals surface area contributed by atoms with Crippen LogP contribution in [0, 0.1) is 6.92 Å². The maximum absolute atomic E-state index is 10.2. The van der Waals surface area contributed by atoms with Crippen LogP contribution in [0.2, 0.25) is 0 Å². The molecule has 0 fully saturated rings. The Morgan fingerprint density at radius 3 is 2.88 bits per heavy atom. The molecule has 1 N–H and O–H groups in total. The van der Waals surface area contributed by atoms with Crippen LogP contribution in [0.1, 0.15) is 30.1 Å². The van der Waals surface area contributed by atoms with Crippen molar-refractivity contribution in [1.82, 2.24) is 14.5 Å². The summed E-state index contributed by atoms with van der Waals surface area (Å²) in [6.45, 7) is 4.78. The van der Waals surface area contributed by atoms with Crippen molar-refractivity contribution < 1.29 is 5.11 Å². The number of pyridine rings is 1. The standard InChI is InChI=1S/C12H15N3O/c1-3-15-7-6-14-12(15)11(16)10-8-9(2)4-5-13-10/h4-8,11,16H,3H2,1-2H3. The molecule has 2 rings (SSSR count). The Bertz CT molecular complexity index is 479. The summed E-state index contributed by atoms with van der Waals surface area (Å²) in [5.74, 6) is 0.639. The minimum atomic E-state index is -0.755. The van der Waals surface area contributed by atoms with Crippen LogP contribution in [0.25, 0.3) is 0 Å². The van der Waals surface area contributed by atoms with Gasteiger partial charge in [-0.15, -0.1) is 0 Å². The lowest BCUT2D eigenvalue weighted by molar-refractivity contribution is 0.200. The largest absolute Gasteiger partial charge is 0.379 e. The maximum atomic E-state index is 10.2. The third kappa shape index (κ3) is 1.97. The van der Waals surface area contributed by atoms with Gasteiger partial charge in [-0.05, 0) is 31.5 Å². The molecule has 0 aliphatic rings. The number of aliphatic hydroxyl groups excluding tert-OH is 1. The molecule has 4 nitrogen and oxygen atoms in total. The zero-order valence-corrected chi connectivity index (χ0v) is 9.46. The average molecular weight is 217 g/mol. The predicted octanol–water partition coefficient (Wildman–Crippen LogP) is 1.69. The van der Waals surface area contributed by atoms with Gasteiger partial charge in [-0.3, -0.25) is 4.98 Å². The van der Waals surface area contributed by atoms with E-state index in [9.17, 15) is 5.11 Å². The fraction of sp³-hybridized carbons (Fsp3) is 0.333. The van der Waals surface area contributed by atoms with Gasteiger partial charge in [-0.2, -0.15) is 0 Å². The summed E-state index contributed by atoms with van der Waals surface area (Å²) in [5, 5.41) is 10.2. The highest BCUT2D eigenvalue weighted by Gasteiger charge is 2.16. The molecular weight excluding hydrogens is 202 g/mol. The summed E-state index contributed by atoms with van der Waals surface area (Å²) in [6, 6.07) is 3.78. The Labute approximate surface area is 94.6 Å². The lowest BCUT2D eigenvalue weighted by Crippen LogP contribution is -2.10. The monoisotopic (exact) mass is 217 g/mol. The van der Waals surface area contributed by atoms with Gasteiger partial charge in [0.05, 0.1) is 5.69 Å². The Hall–Kier alpha value is -1.68. The number of imidazole rings is 1. The van der Waals surface area contributed by atoms with Gasteiger partial charge in [0.2, 0.25) is 0 Å². The molecule has 0 aromatic carbocycles. The zero-order chi connectivity index (χ0) is 11.5. The fourth-order valence-electron chi connectivity index (χ4n) is 1.68. The zero-order valence-electron chi connectivity index (χ0n) is 9.46. The molecule has 0 saturated carbocycles. The van der Waals surface area contributed by atoms with E-state index in [1.165, 1.54) is 0 Å². The van der Waals surface area contributed by atoms with E-state index in [4.69, 9.17) is 0 Å². The molecule has 4 heteroatoms. The topological polar surface area (TPSA) is 50.9 Å². The molecule has 1 unspecified atom stereocenters. The summed E-state index contributed by atoms with van der Waals surface area (Å²) in [6.07, 6.45) is 4.49. The van der Waals surface area contributed by atoms with Crippen molar-refractivity contribution in [2.45, 2.75) is 26.5 Å². The lowest BCUT2D eigenvalue weighted by atomic mass is 10.1. The molecule has 0 saturated heterocycles. The van der Waals surface area contributed by atoms with Crippen LogP contribution in [0.5, 0.6) is 0 Å². The number of nitrogens with zero attached hydrogens (tertiary/aromatic N) is 3. The summed E-state index contributed by atoms with van der Waals surface area (Å²) < 4.78 is 1.91. The van der Waals surface area contributed by atoms with Gasteiger partial charge in [0.1, 0.15) is 5.82 Å². The quantitative estimate of drug-likeness (QED) is 0.851. The van der Waals surface area contributed by atoms with Gasteiger partial charge in [0.25, 0.3) is 0 Å². The molecule has 0 amide bonds. The first-order valence-corrected chi connectivity index (χ1v) is 5.34. The predicted molar refractivity (Wildman–Crippen MR) is 60.9 cm³/mol. The molecule has 0 aliphatic carbocycles. The molecule has 0 bridgehead atoms. The molecule has 2 aromatic rings. The highest BCUT2D eigenvalue weighted by Crippen LogP contribution is 2.19. The smallest absolute Gasteiger partial charge is 0.153 e. The van der Waals surface area contributed by atoms with Gasteiger partial charge in [0.15, 0.2) is 6.10 Å². The van der Waals surface area contributed by atoms with Crippen molar-refractivity contribution in [3.63, 3.8) is 0 Å². The van der Waals surface area contributed by atoms with Gasteiger partial charge in [0, 0.05) is 25.1 Å². The maximum Gasteiger partial charge on any atom is 0.153 e. The molecule has 16 heavy (non-hydrogen) atoms. The Morgan fingerprint density at radius 2 is 2.19 bits per heavy atom. The number of rotatable bonds is 3. The van der Waals surface area contributed by atoms with Gasteiger partial charge in [-0.1, -0.05) is 0 Å². The van der Waals surface area contributed by atoms with E-state index in [0.29, 0.717) is 11.5 Å².